The van der Waals surface area contributed by atoms with Crippen molar-refractivity contribution in [2.75, 3.05) is 11.1 Å². The Labute approximate surface area is 88.7 Å². The van der Waals surface area contributed by atoms with Gasteiger partial charge in [0.15, 0.2) is 0 Å². The second-order valence-electron chi connectivity index (χ2n) is 3.55. The molecule has 0 bridgehead atoms. The van der Waals surface area contributed by atoms with Crippen LogP contribution in [0.5, 0.6) is 0 Å². The van der Waals surface area contributed by atoms with E-state index in [9.17, 15) is 0 Å². The van der Waals surface area contributed by atoms with E-state index in [0.29, 0.717) is 0 Å². The second kappa shape index (κ2) is 3.65. The second-order valence-corrected chi connectivity index (χ2v) is 3.55. The molecule has 0 saturated heterocycles. The van der Waals surface area contributed by atoms with Crippen LogP contribution in [-0.4, -0.2) is 9.78 Å². The van der Waals surface area contributed by atoms with Crippen molar-refractivity contribution in [3.63, 3.8) is 0 Å². The van der Waals surface area contributed by atoms with E-state index in [1.54, 1.807) is 4.68 Å². The molecule has 0 aliphatic carbocycles. The van der Waals surface area contributed by atoms with Crippen LogP contribution in [0.3, 0.4) is 0 Å². The van der Waals surface area contributed by atoms with Crippen LogP contribution in [0, 0.1) is 6.92 Å². The first-order valence-corrected chi connectivity index (χ1v) is 4.78. The van der Waals surface area contributed by atoms with Crippen LogP contribution < -0.4 is 11.1 Å². The molecule has 1 aromatic carbocycles. The fourth-order valence-corrected chi connectivity index (χ4v) is 1.49. The Morgan fingerprint density at radius 2 is 2.20 bits per heavy atom. The number of nitrogens with zero attached hydrogens (tertiary/aromatic N) is 2. The summed E-state index contributed by atoms with van der Waals surface area (Å²) in [6, 6.07) is 7.65. The minimum Gasteiger partial charge on any atom is -0.399 e. The summed E-state index contributed by atoms with van der Waals surface area (Å²) < 4.78 is 1.78. The van der Waals surface area contributed by atoms with Crippen molar-refractivity contribution in [2.45, 2.75) is 6.92 Å². The fourth-order valence-electron chi connectivity index (χ4n) is 1.49. The summed E-state index contributed by atoms with van der Waals surface area (Å²) in [5.74, 6) is 0. The van der Waals surface area contributed by atoms with Crippen LogP contribution in [0.25, 0.3) is 0 Å². The van der Waals surface area contributed by atoms with Crippen molar-refractivity contribution in [2.24, 2.45) is 7.05 Å². The smallest absolute Gasteiger partial charge is 0.0828 e. The summed E-state index contributed by atoms with van der Waals surface area (Å²) in [5.41, 5.74) is 9.40. The first-order valence-electron chi connectivity index (χ1n) is 4.78. The molecule has 2 aromatic rings. The highest BCUT2D eigenvalue weighted by molar-refractivity contribution is 5.64. The summed E-state index contributed by atoms with van der Waals surface area (Å²) in [6.07, 6.45) is 1.94. The molecule has 4 nitrogen and oxygen atoms in total. The normalized spacial score (nSPS) is 10.3. The molecular formula is C11H14N4. The third-order valence-corrected chi connectivity index (χ3v) is 2.18. The van der Waals surface area contributed by atoms with Crippen molar-refractivity contribution in [3.8, 4) is 0 Å². The Hall–Kier alpha value is -1.97. The van der Waals surface area contributed by atoms with Gasteiger partial charge < -0.3 is 11.1 Å². The highest BCUT2D eigenvalue weighted by Crippen LogP contribution is 2.20. The van der Waals surface area contributed by atoms with Crippen LogP contribution in [-0.2, 0) is 7.05 Å². The molecule has 0 amide bonds. The van der Waals surface area contributed by atoms with E-state index in [1.807, 2.05) is 44.4 Å². The molecule has 0 aliphatic rings. The fraction of sp³-hybridized carbons (Fsp3) is 0.182. The average molecular weight is 202 g/mol. The Balaban J connectivity index is 2.25. The van der Waals surface area contributed by atoms with Gasteiger partial charge in [-0.2, -0.15) is 5.10 Å². The Kier molecular flexibility index (Phi) is 2.33. The highest BCUT2D eigenvalue weighted by atomic mass is 15.3. The lowest BCUT2D eigenvalue weighted by Crippen LogP contribution is -1.92. The Bertz CT molecular complexity index is 473. The van der Waals surface area contributed by atoms with Crippen LogP contribution in [0.15, 0.2) is 30.5 Å². The lowest BCUT2D eigenvalue weighted by molar-refractivity contribution is 0.756. The van der Waals surface area contributed by atoms with E-state index >= 15 is 0 Å². The van der Waals surface area contributed by atoms with Crippen LogP contribution in [0.2, 0.25) is 0 Å². The van der Waals surface area contributed by atoms with Gasteiger partial charge >= 0.3 is 0 Å². The predicted octanol–water partition coefficient (Wildman–Crippen LogP) is 2.05. The molecule has 0 saturated carbocycles. The molecule has 0 spiro atoms. The number of nitrogen functional groups attached to an aromatic ring is 1. The lowest BCUT2D eigenvalue weighted by atomic mass is 10.2. The number of aromatic nitrogens is 2. The minimum atomic E-state index is 0.751. The molecule has 1 heterocycles. The SMILES string of the molecule is Cc1nn(C)cc1Nc1cccc(N)c1. The first kappa shape index (κ1) is 9.58. The molecule has 78 valence electrons. The van der Waals surface area contributed by atoms with Crippen molar-refractivity contribution < 1.29 is 0 Å². The maximum absolute atomic E-state index is 5.69. The van der Waals surface area contributed by atoms with E-state index in [1.165, 1.54) is 0 Å². The lowest BCUT2D eigenvalue weighted by Gasteiger charge is -2.04. The third-order valence-electron chi connectivity index (χ3n) is 2.18. The molecule has 0 aliphatic heterocycles. The molecule has 0 fully saturated rings. The topological polar surface area (TPSA) is 55.9 Å². The summed E-state index contributed by atoms with van der Waals surface area (Å²) in [4.78, 5) is 0. The maximum Gasteiger partial charge on any atom is 0.0828 e. The zero-order valence-corrected chi connectivity index (χ0v) is 8.86. The molecule has 4 heteroatoms. The number of hydrogen-bond acceptors (Lipinski definition) is 3. The van der Waals surface area contributed by atoms with Gasteiger partial charge in [0, 0.05) is 24.6 Å². The van der Waals surface area contributed by atoms with Crippen molar-refractivity contribution in [3.05, 3.63) is 36.2 Å². The summed E-state index contributed by atoms with van der Waals surface area (Å²) >= 11 is 0. The molecular weight excluding hydrogens is 188 g/mol. The van der Waals surface area contributed by atoms with Gasteiger partial charge in [0.25, 0.3) is 0 Å². The van der Waals surface area contributed by atoms with Crippen molar-refractivity contribution in [1.29, 1.82) is 0 Å². The van der Waals surface area contributed by atoms with E-state index in [-0.39, 0.29) is 0 Å². The number of hydrogen-bond donors (Lipinski definition) is 2. The zero-order valence-electron chi connectivity index (χ0n) is 8.86. The van der Waals surface area contributed by atoms with Gasteiger partial charge in [0.05, 0.1) is 11.4 Å². The van der Waals surface area contributed by atoms with E-state index in [0.717, 1.165) is 22.8 Å². The first-order chi connectivity index (χ1) is 7.15. The quantitative estimate of drug-likeness (QED) is 0.733. The molecule has 2 rings (SSSR count). The molecule has 0 unspecified atom stereocenters. The molecule has 3 N–H and O–H groups in total. The largest absolute Gasteiger partial charge is 0.399 e. The number of rotatable bonds is 2. The number of anilines is 3. The number of aryl methyl sites for hydroxylation is 2. The Morgan fingerprint density at radius 1 is 1.40 bits per heavy atom. The van der Waals surface area contributed by atoms with Gasteiger partial charge in [0.1, 0.15) is 0 Å². The van der Waals surface area contributed by atoms with Crippen molar-refractivity contribution >= 4 is 17.1 Å². The van der Waals surface area contributed by atoms with Gasteiger partial charge in [-0.3, -0.25) is 4.68 Å². The number of nitrogens with two attached hydrogens (primary N) is 1. The summed E-state index contributed by atoms with van der Waals surface area (Å²) in [6.45, 7) is 1.97. The van der Waals surface area contributed by atoms with Gasteiger partial charge in [0.2, 0.25) is 0 Å². The summed E-state index contributed by atoms with van der Waals surface area (Å²) in [7, 11) is 1.90. The van der Waals surface area contributed by atoms with Crippen LogP contribution in [0.4, 0.5) is 17.1 Å². The molecule has 0 radical (unpaired) electrons. The number of benzene rings is 1. The molecule has 0 atom stereocenters. The van der Waals surface area contributed by atoms with Crippen LogP contribution in [0.1, 0.15) is 5.69 Å². The highest BCUT2D eigenvalue weighted by Gasteiger charge is 2.02. The van der Waals surface area contributed by atoms with Crippen LogP contribution >= 0.6 is 0 Å². The van der Waals surface area contributed by atoms with E-state index < -0.39 is 0 Å². The molecule has 1 aromatic heterocycles. The summed E-state index contributed by atoms with van der Waals surface area (Å²) in [5, 5.41) is 7.52. The molecule has 15 heavy (non-hydrogen) atoms. The third kappa shape index (κ3) is 2.10. The maximum atomic E-state index is 5.69. The monoisotopic (exact) mass is 202 g/mol. The Morgan fingerprint density at radius 3 is 2.80 bits per heavy atom. The van der Waals surface area contributed by atoms with E-state index in [4.69, 9.17) is 5.73 Å². The standard InChI is InChI=1S/C11H14N4/c1-8-11(7-15(2)14-8)13-10-5-3-4-9(12)6-10/h3-7,13H,12H2,1-2H3. The zero-order chi connectivity index (χ0) is 10.8. The van der Waals surface area contributed by atoms with E-state index in [2.05, 4.69) is 10.4 Å². The van der Waals surface area contributed by atoms with Gasteiger partial charge in [-0.1, -0.05) is 6.07 Å². The predicted molar refractivity (Wildman–Crippen MR) is 62.1 cm³/mol. The average Bonchev–Trinajstić information content (AvgIpc) is 2.45. The van der Waals surface area contributed by atoms with Gasteiger partial charge in [-0.25, -0.2) is 0 Å². The van der Waals surface area contributed by atoms with Gasteiger partial charge in [-0.15, -0.1) is 0 Å². The number of nitrogens with one attached hydrogen (secondary N) is 1. The minimum absolute atomic E-state index is 0.751. The van der Waals surface area contributed by atoms with Crippen molar-refractivity contribution in [1.82, 2.24) is 9.78 Å². The van der Waals surface area contributed by atoms with Gasteiger partial charge in [-0.05, 0) is 25.1 Å².